The molecule has 0 saturated heterocycles. The minimum atomic E-state index is -1.12. The van der Waals surface area contributed by atoms with Gasteiger partial charge in [0.15, 0.2) is 0 Å². The molecule has 0 aromatic rings. The Morgan fingerprint density at radius 2 is 1.75 bits per heavy atom. The van der Waals surface area contributed by atoms with Crippen LogP contribution in [0.3, 0.4) is 0 Å². The molecule has 1 N–H and O–H groups in total. The molecule has 0 aliphatic rings. The number of rotatable bonds is 5. The van der Waals surface area contributed by atoms with E-state index >= 15 is 0 Å². The van der Waals surface area contributed by atoms with Gasteiger partial charge in [0.2, 0.25) is 0 Å². The number of unbranched alkanes of at least 4 members (excludes halogenated alkanes) is 1. The van der Waals surface area contributed by atoms with E-state index in [1.54, 1.807) is 0 Å². The first-order valence-electron chi connectivity index (χ1n) is 4.70. The van der Waals surface area contributed by atoms with Crippen LogP contribution >= 0.6 is 0 Å². The van der Waals surface area contributed by atoms with Gasteiger partial charge < -0.3 is 15.0 Å². The van der Waals surface area contributed by atoms with Crippen LogP contribution in [-0.2, 0) is 9.59 Å². The molecule has 0 aliphatic heterocycles. The summed E-state index contributed by atoms with van der Waals surface area (Å²) in [5, 5.41) is 17.6. The molecule has 4 nitrogen and oxygen atoms in total. The van der Waals surface area contributed by atoms with E-state index in [9.17, 15) is 14.7 Å². The van der Waals surface area contributed by atoms with Crippen molar-refractivity contribution in [3.8, 4) is 0 Å². The van der Waals surface area contributed by atoms with E-state index in [1.165, 1.54) is 0 Å². The number of carboxylic acids is 2. The smallest absolute Gasteiger partial charge is 0.327 e. The molecular formula is C12H19O4-. The van der Waals surface area contributed by atoms with E-state index in [0.29, 0.717) is 6.42 Å². The van der Waals surface area contributed by atoms with Crippen LogP contribution in [0, 0.1) is 0 Å². The van der Waals surface area contributed by atoms with Crippen LogP contribution in [-0.4, -0.2) is 17.0 Å². The first-order chi connectivity index (χ1) is 7.45. The van der Waals surface area contributed by atoms with Crippen LogP contribution in [0.15, 0.2) is 38.0 Å². The second kappa shape index (κ2) is 15.6. The van der Waals surface area contributed by atoms with Gasteiger partial charge in [-0.3, -0.25) is 0 Å². The van der Waals surface area contributed by atoms with Gasteiger partial charge in [-0.25, -0.2) is 4.79 Å². The zero-order valence-corrected chi connectivity index (χ0v) is 9.70. The molecule has 0 aromatic carbocycles. The Balaban J connectivity index is -0.000000205. The summed E-state index contributed by atoms with van der Waals surface area (Å²) in [5.74, 6) is -2.10. The number of carbonyl (C=O) groups is 2. The molecule has 0 bridgehead atoms. The van der Waals surface area contributed by atoms with Gasteiger partial charge in [0.05, 0.1) is 5.97 Å². The van der Waals surface area contributed by atoms with Gasteiger partial charge in [-0.15, -0.1) is 13.2 Å². The first kappa shape index (κ1) is 19.7. The Kier molecular flexibility index (Phi) is 19.2. The predicted octanol–water partition coefficient (Wildman–Crippen LogP) is 1.54. The zero-order chi connectivity index (χ0) is 13.6. The monoisotopic (exact) mass is 227 g/mol. The van der Waals surface area contributed by atoms with Gasteiger partial charge in [-0.1, -0.05) is 26.5 Å². The van der Waals surface area contributed by atoms with Crippen LogP contribution in [0.2, 0.25) is 0 Å². The third-order valence-corrected chi connectivity index (χ3v) is 1.30. The second-order valence-electron chi connectivity index (χ2n) is 2.54. The third-order valence-electron chi connectivity index (χ3n) is 1.30. The Labute approximate surface area is 96.6 Å². The lowest BCUT2D eigenvalue weighted by molar-refractivity contribution is -0.299. The molecule has 0 aliphatic carbocycles. The van der Waals surface area contributed by atoms with Gasteiger partial charge >= 0.3 is 5.97 Å². The quantitative estimate of drug-likeness (QED) is 0.571. The lowest BCUT2D eigenvalue weighted by Gasteiger charge is -2.03. The maximum absolute atomic E-state index is 9.99. The summed E-state index contributed by atoms with van der Waals surface area (Å²) in [6.07, 6.45) is 3.26. The lowest BCUT2D eigenvalue weighted by Crippen LogP contribution is -2.23. The highest BCUT2D eigenvalue weighted by Crippen LogP contribution is 2.02. The number of aliphatic carboxylic acids is 2. The van der Waals surface area contributed by atoms with Crippen molar-refractivity contribution in [1.82, 2.24) is 0 Å². The van der Waals surface area contributed by atoms with Crippen molar-refractivity contribution in [3.63, 3.8) is 0 Å². The summed E-state index contributed by atoms with van der Waals surface area (Å²) in [5.41, 5.74) is 0.205. The van der Waals surface area contributed by atoms with Crippen molar-refractivity contribution < 1.29 is 19.8 Å². The molecular weight excluding hydrogens is 208 g/mol. The molecule has 4 heteroatoms. The second-order valence-corrected chi connectivity index (χ2v) is 2.54. The highest BCUT2D eigenvalue weighted by Gasteiger charge is 1.91. The summed E-state index contributed by atoms with van der Waals surface area (Å²) < 4.78 is 0. The van der Waals surface area contributed by atoms with Crippen LogP contribution in [0.4, 0.5) is 0 Å². The van der Waals surface area contributed by atoms with Crippen LogP contribution in [0.25, 0.3) is 0 Å². The summed E-state index contributed by atoms with van der Waals surface area (Å²) in [6.45, 7) is 14.3. The van der Waals surface area contributed by atoms with Gasteiger partial charge in [0, 0.05) is 6.08 Å². The van der Waals surface area contributed by atoms with E-state index < -0.39 is 11.9 Å². The van der Waals surface area contributed by atoms with E-state index in [1.807, 2.05) is 6.92 Å². The zero-order valence-electron chi connectivity index (χ0n) is 9.70. The van der Waals surface area contributed by atoms with E-state index in [2.05, 4.69) is 26.3 Å². The van der Waals surface area contributed by atoms with Crippen molar-refractivity contribution in [2.45, 2.75) is 26.2 Å². The molecule has 0 heterocycles. The SMILES string of the molecule is C=C.C=C(CCCC)C(=O)[O-].C=CC(=O)O. The molecule has 0 aromatic heterocycles. The summed E-state index contributed by atoms with van der Waals surface area (Å²) in [7, 11) is 0. The molecule has 92 valence electrons. The molecule has 0 saturated carbocycles. The Bertz CT molecular complexity index is 231. The standard InChI is InChI=1S/C7H12O2.C3H4O2.C2H4/c1-3-4-5-6(2)7(8)9;1-2-3(4)5;1-2/h2-5H2,1H3,(H,8,9);2H,1H2,(H,4,5);1-2H2/p-1. The number of hydrogen-bond acceptors (Lipinski definition) is 3. The van der Waals surface area contributed by atoms with Crippen molar-refractivity contribution in [2.75, 3.05) is 0 Å². The molecule has 16 heavy (non-hydrogen) atoms. The maximum Gasteiger partial charge on any atom is 0.327 e. The van der Waals surface area contributed by atoms with E-state index in [4.69, 9.17) is 5.11 Å². The van der Waals surface area contributed by atoms with Gasteiger partial charge in [0.25, 0.3) is 0 Å². The summed E-state index contributed by atoms with van der Waals surface area (Å²) >= 11 is 0. The van der Waals surface area contributed by atoms with Crippen LogP contribution in [0.1, 0.15) is 26.2 Å². The van der Waals surface area contributed by atoms with Gasteiger partial charge in [-0.2, -0.15) is 0 Å². The van der Waals surface area contributed by atoms with Crippen LogP contribution in [0.5, 0.6) is 0 Å². The summed E-state index contributed by atoms with van der Waals surface area (Å²) in [4.78, 5) is 19.2. The molecule has 0 atom stereocenters. The largest absolute Gasteiger partial charge is 0.545 e. The van der Waals surface area contributed by atoms with Crippen molar-refractivity contribution >= 4 is 11.9 Å². The average molecular weight is 227 g/mol. The van der Waals surface area contributed by atoms with Crippen molar-refractivity contribution in [1.29, 1.82) is 0 Å². The number of carbonyl (C=O) groups excluding carboxylic acids is 1. The molecule has 0 rings (SSSR count). The molecule has 0 fully saturated rings. The van der Waals surface area contributed by atoms with Crippen LogP contribution < -0.4 is 5.11 Å². The molecule has 0 amide bonds. The highest BCUT2D eigenvalue weighted by atomic mass is 16.4. The summed E-state index contributed by atoms with van der Waals surface area (Å²) in [6, 6.07) is 0. The minimum Gasteiger partial charge on any atom is -0.545 e. The van der Waals surface area contributed by atoms with E-state index in [0.717, 1.165) is 18.9 Å². The Morgan fingerprint density at radius 3 is 1.94 bits per heavy atom. The molecule has 0 unspecified atom stereocenters. The fourth-order valence-corrected chi connectivity index (χ4v) is 0.492. The maximum atomic E-state index is 9.99. The number of hydrogen-bond donors (Lipinski definition) is 1. The van der Waals surface area contributed by atoms with E-state index in [-0.39, 0.29) is 5.57 Å². The Hall–Kier alpha value is -1.84. The Morgan fingerprint density at radius 1 is 1.38 bits per heavy atom. The highest BCUT2D eigenvalue weighted by molar-refractivity contribution is 5.83. The first-order valence-corrected chi connectivity index (χ1v) is 4.70. The molecule has 0 radical (unpaired) electrons. The van der Waals surface area contributed by atoms with Crippen molar-refractivity contribution in [2.24, 2.45) is 0 Å². The predicted molar refractivity (Wildman–Crippen MR) is 62.8 cm³/mol. The third kappa shape index (κ3) is 22.7. The fraction of sp³-hybridized carbons (Fsp3) is 0.333. The minimum absolute atomic E-state index is 0.205. The van der Waals surface area contributed by atoms with Gasteiger partial charge in [0.1, 0.15) is 0 Å². The van der Waals surface area contributed by atoms with Gasteiger partial charge in [-0.05, 0) is 18.4 Å². The number of carboxylic acid groups (broad SMARTS) is 2. The van der Waals surface area contributed by atoms with Crippen molar-refractivity contribution in [3.05, 3.63) is 38.0 Å². The topological polar surface area (TPSA) is 77.4 Å². The fourth-order valence-electron chi connectivity index (χ4n) is 0.492. The normalized spacial score (nSPS) is 7.31. The average Bonchev–Trinajstić information content (AvgIpc) is 2.29. The molecule has 0 spiro atoms. The lowest BCUT2D eigenvalue weighted by atomic mass is 10.1.